The van der Waals surface area contributed by atoms with Crippen molar-refractivity contribution in [2.75, 3.05) is 5.73 Å². The molecule has 3 aromatic rings. The van der Waals surface area contributed by atoms with E-state index >= 15 is 0 Å². The van der Waals surface area contributed by atoms with Crippen molar-refractivity contribution in [3.63, 3.8) is 0 Å². The number of carbonyl (C=O) groups excluding carboxylic acids is 1. The van der Waals surface area contributed by atoms with Gasteiger partial charge in [0.15, 0.2) is 0 Å². The molecule has 0 saturated carbocycles. The summed E-state index contributed by atoms with van der Waals surface area (Å²) in [5.41, 5.74) is 6.70. The summed E-state index contributed by atoms with van der Waals surface area (Å²) in [6.07, 6.45) is -4.76. The lowest BCUT2D eigenvalue weighted by molar-refractivity contribution is -0.274. The zero-order chi connectivity index (χ0) is 19.6. The first kappa shape index (κ1) is 19.2. The molecular weight excluding hydrogens is 451 g/mol. The van der Waals surface area contributed by atoms with Gasteiger partial charge in [-0.1, -0.05) is 17.3 Å². The molecule has 27 heavy (non-hydrogen) atoms. The Balaban J connectivity index is 1.69. The van der Waals surface area contributed by atoms with Gasteiger partial charge in [-0.3, -0.25) is 4.79 Å². The predicted molar refractivity (Wildman–Crippen MR) is 96.2 cm³/mol. The first-order valence-corrected chi connectivity index (χ1v) is 8.97. The highest BCUT2D eigenvalue weighted by molar-refractivity contribution is 9.11. The van der Waals surface area contributed by atoms with Crippen LogP contribution in [0.15, 0.2) is 44.7 Å². The van der Waals surface area contributed by atoms with Gasteiger partial charge >= 0.3 is 6.36 Å². The van der Waals surface area contributed by atoms with Crippen molar-refractivity contribution in [1.82, 2.24) is 10.5 Å². The molecule has 2 heterocycles. The Morgan fingerprint density at radius 1 is 1.26 bits per heavy atom. The van der Waals surface area contributed by atoms with Gasteiger partial charge in [0.1, 0.15) is 17.0 Å². The van der Waals surface area contributed by atoms with Crippen LogP contribution in [-0.2, 0) is 6.54 Å². The maximum absolute atomic E-state index is 12.5. The molecule has 0 aliphatic carbocycles. The second kappa shape index (κ2) is 7.61. The highest BCUT2D eigenvalue weighted by atomic mass is 79.9. The highest BCUT2D eigenvalue weighted by Crippen LogP contribution is 2.34. The minimum atomic E-state index is -4.76. The van der Waals surface area contributed by atoms with Gasteiger partial charge in [-0.25, -0.2) is 0 Å². The van der Waals surface area contributed by atoms with Gasteiger partial charge in [-0.05, 0) is 45.8 Å². The van der Waals surface area contributed by atoms with E-state index in [-0.39, 0.29) is 23.7 Å². The largest absolute Gasteiger partial charge is 0.573 e. The van der Waals surface area contributed by atoms with Gasteiger partial charge in [-0.15, -0.1) is 24.5 Å². The molecule has 1 aromatic carbocycles. The smallest absolute Gasteiger partial charge is 0.406 e. The van der Waals surface area contributed by atoms with Crippen LogP contribution >= 0.6 is 27.3 Å². The quantitative estimate of drug-likeness (QED) is 0.580. The molecule has 0 aliphatic heterocycles. The number of hydrogen-bond donors (Lipinski definition) is 2. The first-order chi connectivity index (χ1) is 12.7. The van der Waals surface area contributed by atoms with E-state index in [0.29, 0.717) is 16.1 Å². The van der Waals surface area contributed by atoms with E-state index < -0.39 is 12.3 Å². The Labute approximate surface area is 163 Å². The summed E-state index contributed by atoms with van der Waals surface area (Å²) in [6.45, 7) is 0.0727. The first-order valence-electron chi connectivity index (χ1n) is 7.36. The summed E-state index contributed by atoms with van der Waals surface area (Å²) in [4.78, 5) is 13.2. The Hall–Kier alpha value is -2.53. The molecule has 0 fully saturated rings. The summed E-state index contributed by atoms with van der Waals surface area (Å²) >= 11 is 4.69. The Morgan fingerprint density at radius 2 is 1.96 bits per heavy atom. The molecule has 0 unspecified atom stereocenters. The van der Waals surface area contributed by atoms with E-state index in [9.17, 15) is 18.0 Å². The molecule has 2 aromatic heterocycles. The number of nitrogens with zero attached hydrogens (tertiary/aromatic N) is 1. The van der Waals surface area contributed by atoms with Gasteiger partial charge in [0.2, 0.25) is 5.88 Å². The van der Waals surface area contributed by atoms with Crippen LogP contribution in [0, 0.1) is 0 Å². The number of benzene rings is 1. The molecule has 0 aliphatic rings. The van der Waals surface area contributed by atoms with Crippen molar-refractivity contribution in [3.05, 3.63) is 51.3 Å². The third kappa shape index (κ3) is 4.80. The molecule has 0 bridgehead atoms. The van der Waals surface area contributed by atoms with Crippen LogP contribution < -0.4 is 15.8 Å². The summed E-state index contributed by atoms with van der Waals surface area (Å²) in [5, 5.41) is 6.46. The zero-order valence-corrected chi connectivity index (χ0v) is 15.7. The van der Waals surface area contributed by atoms with Crippen molar-refractivity contribution >= 4 is 39.1 Å². The molecule has 142 valence electrons. The highest BCUT2D eigenvalue weighted by Gasteiger charge is 2.31. The van der Waals surface area contributed by atoms with E-state index in [1.165, 1.54) is 23.5 Å². The number of amides is 1. The van der Waals surface area contributed by atoms with Crippen molar-refractivity contribution in [1.29, 1.82) is 0 Å². The van der Waals surface area contributed by atoms with Crippen LogP contribution in [0.25, 0.3) is 10.6 Å². The second-order valence-electron chi connectivity index (χ2n) is 5.25. The summed E-state index contributed by atoms with van der Waals surface area (Å²) in [7, 11) is 0. The number of hydrogen-bond acceptors (Lipinski definition) is 6. The van der Waals surface area contributed by atoms with E-state index in [4.69, 9.17) is 10.3 Å². The second-order valence-corrected chi connectivity index (χ2v) is 7.71. The van der Waals surface area contributed by atoms with Crippen molar-refractivity contribution in [2.24, 2.45) is 0 Å². The van der Waals surface area contributed by atoms with Crippen molar-refractivity contribution in [3.8, 4) is 16.3 Å². The molecule has 0 spiro atoms. The number of thiophene rings is 1. The molecule has 0 saturated heterocycles. The molecule has 3 rings (SSSR count). The molecule has 11 heteroatoms. The lowest BCUT2D eigenvalue weighted by atomic mass is 10.1. The number of nitrogens with two attached hydrogens (primary N) is 1. The van der Waals surface area contributed by atoms with Gasteiger partial charge < -0.3 is 20.3 Å². The Morgan fingerprint density at radius 3 is 2.56 bits per heavy atom. The van der Waals surface area contributed by atoms with Crippen molar-refractivity contribution < 1.29 is 27.2 Å². The SMILES string of the molecule is Nc1onc(-c2ccc(Br)s2)c1C(=O)NCc1ccc(OC(F)(F)F)cc1. The third-order valence-electron chi connectivity index (χ3n) is 3.36. The topological polar surface area (TPSA) is 90.4 Å². The normalized spacial score (nSPS) is 11.4. The number of anilines is 1. The number of ether oxygens (including phenoxy) is 1. The number of alkyl halides is 3. The number of aromatic nitrogens is 1. The van der Waals surface area contributed by atoms with E-state index in [2.05, 4.69) is 31.1 Å². The van der Waals surface area contributed by atoms with E-state index in [1.807, 2.05) is 0 Å². The molecular formula is C16H11BrF3N3O3S. The van der Waals surface area contributed by atoms with E-state index in [1.54, 1.807) is 12.1 Å². The zero-order valence-electron chi connectivity index (χ0n) is 13.3. The summed E-state index contributed by atoms with van der Waals surface area (Å²) in [6, 6.07) is 8.72. The van der Waals surface area contributed by atoms with Crippen LogP contribution in [0.3, 0.4) is 0 Å². The summed E-state index contributed by atoms with van der Waals surface area (Å²) in [5.74, 6) is -0.976. The number of nitrogens with one attached hydrogen (secondary N) is 1. The average Bonchev–Trinajstić information content (AvgIpc) is 3.18. The molecule has 3 N–H and O–H groups in total. The van der Waals surface area contributed by atoms with Crippen LogP contribution in [0.4, 0.5) is 19.1 Å². The van der Waals surface area contributed by atoms with Gasteiger partial charge in [0.05, 0.1) is 8.66 Å². The van der Waals surface area contributed by atoms with Crippen LogP contribution in [-0.4, -0.2) is 17.4 Å². The van der Waals surface area contributed by atoms with Crippen LogP contribution in [0.2, 0.25) is 0 Å². The van der Waals surface area contributed by atoms with Gasteiger partial charge in [0, 0.05) is 6.54 Å². The maximum Gasteiger partial charge on any atom is 0.573 e. The van der Waals surface area contributed by atoms with E-state index in [0.717, 1.165) is 15.9 Å². The minimum absolute atomic E-state index is 0.0727. The molecule has 0 radical (unpaired) electrons. The molecule has 6 nitrogen and oxygen atoms in total. The van der Waals surface area contributed by atoms with Crippen LogP contribution in [0.1, 0.15) is 15.9 Å². The minimum Gasteiger partial charge on any atom is -0.406 e. The fraction of sp³-hybridized carbons (Fsp3) is 0.125. The lowest BCUT2D eigenvalue weighted by Crippen LogP contribution is -2.23. The fourth-order valence-electron chi connectivity index (χ4n) is 2.21. The lowest BCUT2D eigenvalue weighted by Gasteiger charge is -2.09. The van der Waals surface area contributed by atoms with Gasteiger partial charge in [-0.2, -0.15) is 0 Å². The standard InChI is InChI=1S/C16H11BrF3N3O3S/c17-11-6-5-10(27-11)13-12(14(21)26-23-13)15(24)22-7-8-1-3-9(4-2-8)25-16(18,19)20/h1-6H,7,21H2,(H,22,24). The van der Waals surface area contributed by atoms with Gasteiger partial charge in [0.25, 0.3) is 5.91 Å². The number of carbonyl (C=O) groups is 1. The fourth-order valence-corrected chi connectivity index (χ4v) is 3.59. The Kier molecular flexibility index (Phi) is 5.42. The number of halogens is 4. The Bertz CT molecular complexity index is 954. The van der Waals surface area contributed by atoms with Crippen LogP contribution in [0.5, 0.6) is 5.75 Å². The molecule has 0 atom stereocenters. The number of nitrogen functional groups attached to an aromatic ring is 1. The average molecular weight is 462 g/mol. The predicted octanol–water partition coefficient (Wildman–Crippen LogP) is 4.58. The van der Waals surface area contributed by atoms with Crippen molar-refractivity contribution in [2.45, 2.75) is 12.9 Å². The summed E-state index contributed by atoms with van der Waals surface area (Å²) < 4.78 is 46.1. The number of rotatable bonds is 5. The third-order valence-corrected chi connectivity index (χ3v) is 4.99. The molecule has 1 amide bonds. The monoisotopic (exact) mass is 461 g/mol. The maximum atomic E-state index is 12.5.